The standard InChI is InChI=1S/C15H18BrF2NO/c1-10-8-12(14(18)9-13(10)17)15(20)19(7-3-6-16)11-4-2-5-11/h8-9,11H,2-7H2,1H3. The van der Waals surface area contributed by atoms with Crippen LogP contribution in [0.2, 0.25) is 0 Å². The summed E-state index contributed by atoms with van der Waals surface area (Å²) in [6, 6.07) is 2.31. The molecule has 0 bridgehead atoms. The van der Waals surface area contributed by atoms with Crippen molar-refractivity contribution in [2.75, 3.05) is 11.9 Å². The fourth-order valence-electron chi connectivity index (χ4n) is 2.35. The zero-order valence-electron chi connectivity index (χ0n) is 11.5. The van der Waals surface area contributed by atoms with Crippen LogP contribution in [0.5, 0.6) is 0 Å². The van der Waals surface area contributed by atoms with Gasteiger partial charge in [-0.2, -0.15) is 0 Å². The van der Waals surface area contributed by atoms with Crippen LogP contribution in [0.4, 0.5) is 8.78 Å². The zero-order valence-corrected chi connectivity index (χ0v) is 13.1. The fraction of sp³-hybridized carbons (Fsp3) is 0.533. The molecule has 1 aliphatic carbocycles. The normalized spacial score (nSPS) is 15.0. The summed E-state index contributed by atoms with van der Waals surface area (Å²) in [6.45, 7) is 2.14. The van der Waals surface area contributed by atoms with Gasteiger partial charge in [0, 0.05) is 24.0 Å². The lowest BCUT2D eigenvalue weighted by molar-refractivity contribution is 0.0576. The molecule has 20 heavy (non-hydrogen) atoms. The lowest BCUT2D eigenvalue weighted by Gasteiger charge is -2.37. The van der Waals surface area contributed by atoms with Gasteiger partial charge in [-0.1, -0.05) is 15.9 Å². The molecule has 0 spiro atoms. The Hall–Kier alpha value is -0.970. The molecule has 0 atom stereocenters. The van der Waals surface area contributed by atoms with Gasteiger partial charge < -0.3 is 4.90 Å². The molecule has 0 heterocycles. The van der Waals surface area contributed by atoms with Crippen molar-refractivity contribution in [1.82, 2.24) is 4.90 Å². The van der Waals surface area contributed by atoms with Crippen LogP contribution in [0, 0.1) is 18.6 Å². The summed E-state index contributed by atoms with van der Waals surface area (Å²) in [4.78, 5) is 14.3. The largest absolute Gasteiger partial charge is 0.336 e. The molecular formula is C15H18BrF2NO. The minimum Gasteiger partial charge on any atom is -0.336 e. The number of halogens is 3. The Bertz CT molecular complexity index is 503. The first kappa shape index (κ1) is 15.4. The highest BCUT2D eigenvalue weighted by Crippen LogP contribution is 2.27. The van der Waals surface area contributed by atoms with E-state index in [2.05, 4.69) is 15.9 Å². The maximum absolute atomic E-state index is 13.9. The third-order valence-electron chi connectivity index (χ3n) is 3.79. The van der Waals surface area contributed by atoms with E-state index in [0.717, 1.165) is 37.1 Å². The van der Waals surface area contributed by atoms with E-state index in [4.69, 9.17) is 0 Å². The zero-order chi connectivity index (χ0) is 14.7. The molecule has 110 valence electrons. The lowest BCUT2D eigenvalue weighted by atomic mass is 9.90. The van der Waals surface area contributed by atoms with Crippen molar-refractivity contribution in [3.8, 4) is 0 Å². The predicted octanol–water partition coefficient (Wildman–Crippen LogP) is 4.05. The van der Waals surface area contributed by atoms with Gasteiger partial charge in [0.2, 0.25) is 0 Å². The number of carbonyl (C=O) groups is 1. The van der Waals surface area contributed by atoms with Crippen LogP contribution in [0.15, 0.2) is 12.1 Å². The second-order valence-corrected chi connectivity index (χ2v) is 6.00. The number of amides is 1. The van der Waals surface area contributed by atoms with Gasteiger partial charge in [0.05, 0.1) is 5.56 Å². The van der Waals surface area contributed by atoms with Crippen molar-refractivity contribution in [1.29, 1.82) is 0 Å². The second kappa shape index (κ2) is 6.66. The molecule has 1 saturated carbocycles. The molecule has 2 nitrogen and oxygen atoms in total. The molecule has 1 fully saturated rings. The minimum atomic E-state index is -0.777. The Morgan fingerprint density at radius 2 is 2.05 bits per heavy atom. The third kappa shape index (κ3) is 3.19. The van der Waals surface area contributed by atoms with E-state index in [-0.39, 0.29) is 17.5 Å². The number of hydrogen-bond acceptors (Lipinski definition) is 1. The van der Waals surface area contributed by atoms with Crippen LogP contribution in [0.3, 0.4) is 0 Å². The number of rotatable bonds is 5. The average molecular weight is 346 g/mol. The molecule has 5 heteroatoms. The molecule has 0 N–H and O–H groups in total. The molecule has 2 rings (SSSR count). The van der Waals surface area contributed by atoms with Crippen molar-refractivity contribution in [2.24, 2.45) is 0 Å². The van der Waals surface area contributed by atoms with E-state index >= 15 is 0 Å². The Labute approximate surface area is 126 Å². The first-order chi connectivity index (χ1) is 9.54. The molecule has 1 amide bonds. The summed E-state index contributed by atoms with van der Waals surface area (Å²) >= 11 is 3.35. The fourth-order valence-corrected chi connectivity index (χ4v) is 2.61. The van der Waals surface area contributed by atoms with Crippen LogP contribution >= 0.6 is 15.9 Å². The van der Waals surface area contributed by atoms with Crippen LogP contribution in [0.1, 0.15) is 41.6 Å². The van der Waals surface area contributed by atoms with Gasteiger partial charge in [0.1, 0.15) is 11.6 Å². The van der Waals surface area contributed by atoms with E-state index in [0.29, 0.717) is 12.1 Å². The van der Waals surface area contributed by atoms with Crippen molar-refractivity contribution in [3.63, 3.8) is 0 Å². The molecule has 0 aliphatic heterocycles. The Kier molecular flexibility index (Phi) is 5.13. The van der Waals surface area contributed by atoms with Gasteiger partial charge in [-0.15, -0.1) is 0 Å². The first-order valence-electron chi connectivity index (χ1n) is 6.87. The molecule has 1 aromatic carbocycles. The molecule has 0 aromatic heterocycles. The quantitative estimate of drug-likeness (QED) is 0.737. The Balaban J connectivity index is 2.24. The molecule has 0 unspecified atom stereocenters. The Morgan fingerprint density at radius 1 is 1.35 bits per heavy atom. The average Bonchev–Trinajstić information content (AvgIpc) is 2.35. The summed E-state index contributed by atoms with van der Waals surface area (Å²) in [5.74, 6) is -1.72. The van der Waals surface area contributed by atoms with E-state index in [9.17, 15) is 13.6 Å². The van der Waals surface area contributed by atoms with Crippen LogP contribution in [-0.2, 0) is 0 Å². The number of hydrogen-bond donors (Lipinski definition) is 0. The number of alkyl halides is 1. The SMILES string of the molecule is Cc1cc(C(=O)N(CCCBr)C2CCC2)c(F)cc1F. The van der Waals surface area contributed by atoms with E-state index < -0.39 is 11.6 Å². The van der Waals surface area contributed by atoms with Gasteiger partial charge in [0.25, 0.3) is 5.91 Å². The highest BCUT2D eigenvalue weighted by molar-refractivity contribution is 9.09. The number of aryl methyl sites for hydroxylation is 1. The summed E-state index contributed by atoms with van der Waals surface area (Å²) in [7, 11) is 0. The maximum Gasteiger partial charge on any atom is 0.257 e. The highest BCUT2D eigenvalue weighted by Gasteiger charge is 2.30. The third-order valence-corrected chi connectivity index (χ3v) is 4.35. The van der Waals surface area contributed by atoms with Crippen LogP contribution < -0.4 is 0 Å². The van der Waals surface area contributed by atoms with E-state index in [1.165, 1.54) is 13.0 Å². The molecule has 1 aliphatic rings. The Morgan fingerprint density at radius 3 is 2.60 bits per heavy atom. The number of nitrogens with zero attached hydrogens (tertiary/aromatic N) is 1. The summed E-state index contributed by atoms with van der Waals surface area (Å²) in [5.41, 5.74) is 0.272. The lowest BCUT2D eigenvalue weighted by Crippen LogP contribution is -2.45. The van der Waals surface area contributed by atoms with Gasteiger partial charge in [-0.05, 0) is 44.2 Å². The predicted molar refractivity (Wildman–Crippen MR) is 78.2 cm³/mol. The smallest absolute Gasteiger partial charge is 0.257 e. The summed E-state index contributed by atoms with van der Waals surface area (Å²) in [5, 5.41) is 0.800. The van der Waals surface area contributed by atoms with Gasteiger partial charge in [0.15, 0.2) is 0 Å². The summed E-state index contributed by atoms with van der Waals surface area (Å²) in [6.07, 6.45) is 3.86. The molecule has 0 radical (unpaired) electrons. The van der Waals surface area contributed by atoms with Crippen molar-refractivity contribution in [3.05, 3.63) is 34.9 Å². The maximum atomic E-state index is 13.9. The van der Waals surface area contributed by atoms with E-state index in [1.54, 1.807) is 4.90 Å². The van der Waals surface area contributed by atoms with Crippen LogP contribution in [0.25, 0.3) is 0 Å². The topological polar surface area (TPSA) is 20.3 Å². The highest BCUT2D eigenvalue weighted by atomic mass is 79.9. The number of carbonyl (C=O) groups excluding carboxylic acids is 1. The minimum absolute atomic E-state index is 0.0228. The van der Waals surface area contributed by atoms with Gasteiger partial charge >= 0.3 is 0 Å². The molecule has 1 aromatic rings. The monoisotopic (exact) mass is 345 g/mol. The number of benzene rings is 1. The van der Waals surface area contributed by atoms with Crippen molar-refractivity contribution < 1.29 is 13.6 Å². The van der Waals surface area contributed by atoms with Gasteiger partial charge in [-0.25, -0.2) is 8.78 Å². The molecular weight excluding hydrogens is 328 g/mol. The summed E-state index contributed by atoms with van der Waals surface area (Å²) < 4.78 is 27.1. The second-order valence-electron chi connectivity index (χ2n) is 5.21. The van der Waals surface area contributed by atoms with Gasteiger partial charge in [-0.3, -0.25) is 4.79 Å². The van der Waals surface area contributed by atoms with E-state index in [1.807, 2.05) is 0 Å². The van der Waals surface area contributed by atoms with Crippen molar-refractivity contribution in [2.45, 2.75) is 38.6 Å². The molecule has 0 saturated heterocycles. The van der Waals surface area contributed by atoms with Crippen LogP contribution in [-0.4, -0.2) is 28.7 Å². The first-order valence-corrected chi connectivity index (χ1v) is 7.99. The van der Waals surface area contributed by atoms with Crippen molar-refractivity contribution >= 4 is 21.8 Å².